The van der Waals surface area contributed by atoms with Gasteiger partial charge < -0.3 is 10.0 Å². The second-order valence-corrected chi connectivity index (χ2v) is 4.60. The van der Waals surface area contributed by atoms with Crippen LogP contribution in [0.4, 0.5) is 5.69 Å². The molecule has 2 aromatic rings. The van der Waals surface area contributed by atoms with E-state index in [2.05, 4.69) is 4.98 Å². The Morgan fingerprint density at radius 1 is 1.37 bits per heavy atom. The number of hydrogen-bond donors (Lipinski definition) is 1. The Hall–Kier alpha value is -2.07. The van der Waals surface area contributed by atoms with Crippen molar-refractivity contribution in [2.75, 3.05) is 11.9 Å². The Labute approximate surface area is 116 Å². The van der Waals surface area contributed by atoms with Gasteiger partial charge in [0, 0.05) is 24.8 Å². The summed E-state index contributed by atoms with van der Waals surface area (Å²) in [6, 6.07) is 10.9. The second-order valence-electron chi connectivity index (χ2n) is 4.16. The van der Waals surface area contributed by atoms with E-state index in [-0.39, 0.29) is 5.69 Å². The summed E-state index contributed by atoms with van der Waals surface area (Å²) in [5.74, 6) is -1.03. The highest BCUT2D eigenvalue weighted by Gasteiger charge is 2.14. The molecule has 0 aliphatic heterocycles. The molecule has 4 nitrogen and oxygen atoms in total. The zero-order valence-electron chi connectivity index (χ0n) is 10.4. The summed E-state index contributed by atoms with van der Waals surface area (Å²) in [4.78, 5) is 16.8. The number of carboxylic acid groups (broad SMARTS) is 1. The van der Waals surface area contributed by atoms with Crippen LogP contribution in [0, 0.1) is 0 Å². The fraction of sp³-hybridized carbons (Fsp3) is 0.143. The lowest BCUT2D eigenvalue weighted by Crippen LogP contribution is -2.20. The van der Waals surface area contributed by atoms with Crippen LogP contribution in [0.1, 0.15) is 16.1 Å². The molecular weight excluding hydrogens is 264 g/mol. The lowest BCUT2D eigenvalue weighted by molar-refractivity contribution is 0.0691. The number of halogens is 1. The van der Waals surface area contributed by atoms with Crippen molar-refractivity contribution in [2.45, 2.75) is 6.54 Å². The number of benzene rings is 1. The van der Waals surface area contributed by atoms with Crippen LogP contribution in [0.25, 0.3) is 0 Å². The summed E-state index contributed by atoms with van der Waals surface area (Å²) in [7, 11) is 1.82. The van der Waals surface area contributed by atoms with Gasteiger partial charge >= 0.3 is 5.97 Å². The smallest absolute Gasteiger partial charge is 0.356 e. The van der Waals surface area contributed by atoms with Gasteiger partial charge in [0.15, 0.2) is 5.69 Å². The average molecular weight is 277 g/mol. The van der Waals surface area contributed by atoms with Crippen LogP contribution in [0.5, 0.6) is 0 Å². The third kappa shape index (κ3) is 3.23. The van der Waals surface area contributed by atoms with Gasteiger partial charge in [-0.05, 0) is 29.8 Å². The predicted molar refractivity (Wildman–Crippen MR) is 74.8 cm³/mol. The highest BCUT2D eigenvalue weighted by Crippen LogP contribution is 2.20. The van der Waals surface area contributed by atoms with Gasteiger partial charge in [0.25, 0.3) is 0 Å². The van der Waals surface area contributed by atoms with Crippen LogP contribution in [-0.2, 0) is 6.54 Å². The topological polar surface area (TPSA) is 53.4 Å². The van der Waals surface area contributed by atoms with Crippen LogP contribution in [0.3, 0.4) is 0 Å². The summed E-state index contributed by atoms with van der Waals surface area (Å²) in [6.45, 7) is 0.562. The molecule has 1 aromatic carbocycles. The first-order valence-electron chi connectivity index (χ1n) is 5.72. The van der Waals surface area contributed by atoms with Crippen LogP contribution in [0.2, 0.25) is 5.02 Å². The Morgan fingerprint density at radius 3 is 2.84 bits per heavy atom. The molecular formula is C14H13ClN2O2. The fourth-order valence-electron chi connectivity index (χ4n) is 1.86. The number of aromatic nitrogens is 1. The molecule has 0 aliphatic carbocycles. The predicted octanol–water partition coefficient (Wildman–Crippen LogP) is 3.07. The number of nitrogens with zero attached hydrogens (tertiary/aromatic N) is 2. The normalized spacial score (nSPS) is 10.2. The minimum absolute atomic E-state index is 0.0482. The monoisotopic (exact) mass is 276 g/mol. The van der Waals surface area contributed by atoms with E-state index in [1.807, 2.05) is 30.1 Å². The molecule has 0 saturated carbocycles. The van der Waals surface area contributed by atoms with Crippen LogP contribution < -0.4 is 4.90 Å². The van der Waals surface area contributed by atoms with Crippen molar-refractivity contribution < 1.29 is 9.90 Å². The van der Waals surface area contributed by atoms with Gasteiger partial charge in [0.1, 0.15) is 0 Å². The molecule has 5 heteroatoms. The molecule has 1 aromatic heterocycles. The zero-order chi connectivity index (χ0) is 13.8. The van der Waals surface area contributed by atoms with E-state index >= 15 is 0 Å². The molecule has 0 bridgehead atoms. The van der Waals surface area contributed by atoms with Crippen LogP contribution in [-0.4, -0.2) is 23.1 Å². The largest absolute Gasteiger partial charge is 0.476 e. The summed E-state index contributed by atoms with van der Waals surface area (Å²) in [5, 5.41) is 9.78. The molecule has 0 amide bonds. The van der Waals surface area contributed by atoms with Crippen molar-refractivity contribution in [2.24, 2.45) is 0 Å². The number of pyridine rings is 1. The van der Waals surface area contributed by atoms with Gasteiger partial charge in [-0.1, -0.05) is 23.7 Å². The lowest BCUT2D eigenvalue weighted by atomic mass is 10.2. The standard InChI is InChI=1S/C14H13ClN2O2/c1-17(9-10-4-2-5-11(15)8-10)12-6-3-7-16-13(12)14(18)19/h2-8H,9H2,1H3,(H,18,19). The van der Waals surface area contributed by atoms with Gasteiger partial charge in [-0.3, -0.25) is 0 Å². The summed E-state index contributed by atoms with van der Waals surface area (Å²) in [6.07, 6.45) is 1.47. The number of hydrogen-bond acceptors (Lipinski definition) is 3. The number of aromatic carboxylic acids is 1. The third-order valence-corrected chi connectivity index (χ3v) is 2.94. The maximum absolute atomic E-state index is 11.1. The highest BCUT2D eigenvalue weighted by atomic mass is 35.5. The molecule has 0 saturated heterocycles. The Kier molecular flexibility index (Phi) is 4.02. The van der Waals surface area contributed by atoms with E-state index in [1.54, 1.807) is 18.2 Å². The zero-order valence-corrected chi connectivity index (χ0v) is 11.1. The highest BCUT2D eigenvalue weighted by molar-refractivity contribution is 6.30. The van der Waals surface area contributed by atoms with Gasteiger partial charge in [0.2, 0.25) is 0 Å². The van der Waals surface area contributed by atoms with Crippen molar-refractivity contribution in [3.63, 3.8) is 0 Å². The lowest BCUT2D eigenvalue weighted by Gasteiger charge is -2.20. The number of carbonyl (C=O) groups is 1. The van der Waals surface area contributed by atoms with Gasteiger partial charge in [-0.25, -0.2) is 9.78 Å². The van der Waals surface area contributed by atoms with E-state index in [4.69, 9.17) is 16.7 Å². The maximum atomic E-state index is 11.1. The van der Waals surface area contributed by atoms with Crippen molar-refractivity contribution >= 4 is 23.3 Å². The molecule has 0 spiro atoms. The third-order valence-electron chi connectivity index (χ3n) is 2.71. The fourth-order valence-corrected chi connectivity index (χ4v) is 2.08. The second kappa shape index (κ2) is 5.71. The van der Waals surface area contributed by atoms with Crippen molar-refractivity contribution in [1.82, 2.24) is 4.98 Å². The first-order valence-corrected chi connectivity index (χ1v) is 6.09. The number of rotatable bonds is 4. The number of carboxylic acids is 1. The Balaban J connectivity index is 2.25. The minimum atomic E-state index is -1.03. The SMILES string of the molecule is CN(Cc1cccc(Cl)c1)c1cccnc1C(=O)O. The first kappa shape index (κ1) is 13.4. The average Bonchev–Trinajstić information content (AvgIpc) is 2.38. The van der Waals surface area contributed by atoms with Gasteiger partial charge in [-0.15, -0.1) is 0 Å². The quantitative estimate of drug-likeness (QED) is 0.932. The molecule has 0 aliphatic rings. The van der Waals surface area contributed by atoms with Crippen LogP contribution >= 0.6 is 11.6 Å². The van der Waals surface area contributed by atoms with Crippen LogP contribution in [0.15, 0.2) is 42.6 Å². The van der Waals surface area contributed by atoms with Crippen molar-refractivity contribution in [1.29, 1.82) is 0 Å². The first-order chi connectivity index (χ1) is 9.08. The molecule has 98 valence electrons. The molecule has 19 heavy (non-hydrogen) atoms. The molecule has 0 unspecified atom stereocenters. The minimum Gasteiger partial charge on any atom is -0.476 e. The Bertz CT molecular complexity index is 602. The number of anilines is 1. The van der Waals surface area contributed by atoms with Crippen molar-refractivity contribution in [3.05, 3.63) is 58.9 Å². The van der Waals surface area contributed by atoms with Gasteiger partial charge in [-0.2, -0.15) is 0 Å². The summed E-state index contributed by atoms with van der Waals surface area (Å²) >= 11 is 5.93. The molecule has 1 heterocycles. The molecule has 2 rings (SSSR count). The summed E-state index contributed by atoms with van der Waals surface area (Å²) < 4.78 is 0. The molecule has 0 radical (unpaired) electrons. The molecule has 0 fully saturated rings. The van der Waals surface area contributed by atoms with E-state index in [0.29, 0.717) is 17.3 Å². The molecule has 0 atom stereocenters. The summed E-state index contributed by atoms with van der Waals surface area (Å²) in [5.41, 5.74) is 1.64. The van der Waals surface area contributed by atoms with E-state index in [9.17, 15) is 4.79 Å². The van der Waals surface area contributed by atoms with Gasteiger partial charge in [0.05, 0.1) is 5.69 Å². The van der Waals surface area contributed by atoms with E-state index in [1.165, 1.54) is 6.20 Å². The van der Waals surface area contributed by atoms with Crippen molar-refractivity contribution in [3.8, 4) is 0 Å². The van der Waals surface area contributed by atoms with E-state index in [0.717, 1.165) is 5.56 Å². The Morgan fingerprint density at radius 2 is 2.16 bits per heavy atom. The molecule has 1 N–H and O–H groups in total. The maximum Gasteiger partial charge on any atom is 0.356 e. The van der Waals surface area contributed by atoms with E-state index < -0.39 is 5.97 Å².